The first-order valence-corrected chi connectivity index (χ1v) is 14.2. The molecule has 0 saturated carbocycles. The zero-order valence-corrected chi connectivity index (χ0v) is 24.4. The average molecular weight is 599 g/mol. The molecule has 44 heavy (non-hydrogen) atoms. The number of hydrogen-bond donors (Lipinski definition) is 2. The van der Waals surface area contributed by atoms with Crippen molar-refractivity contribution in [3.8, 4) is 23.3 Å². The molecule has 2 N–H and O–H groups in total. The highest BCUT2D eigenvalue weighted by Gasteiger charge is 2.16. The molecule has 4 heterocycles. The van der Waals surface area contributed by atoms with Crippen LogP contribution in [0.1, 0.15) is 13.8 Å². The predicted molar refractivity (Wildman–Crippen MR) is 163 cm³/mol. The maximum absolute atomic E-state index is 9.12. The van der Waals surface area contributed by atoms with Crippen molar-refractivity contribution < 1.29 is 29.2 Å². The lowest BCUT2D eigenvalue weighted by molar-refractivity contribution is -0.143. The third-order valence-electron chi connectivity index (χ3n) is 6.36. The molecule has 0 aliphatic rings. The SMILES string of the molecule is CCOC(Cn1ccc2ncnc(Oc3ccccc3)c21)OCC.OC(O)Cn1ccc2ncnc(Oc3ccccc3)c21. The summed E-state index contributed by atoms with van der Waals surface area (Å²) < 4.78 is 26.6. The largest absolute Gasteiger partial charge is 0.437 e. The lowest BCUT2D eigenvalue weighted by Gasteiger charge is -2.18. The molecule has 0 aliphatic carbocycles. The second-order valence-corrected chi connectivity index (χ2v) is 9.41. The van der Waals surface area contributed by atoms with Crippen molar-refractivity contribution in [1.29, 1.82) is 0 Å². The van der Waals surface area contributed by atoms with Crippen molar-refractivity contribution in [2.45, 2.75) is 39.5 Å². The monoisotopic (exact) mass is 598 g/mol. The number of fused-ring (bicyclic) bond motifs is 2. The van der Waals surface area contributed by atoms with E-state index in [9.17, 15) is 0 Å². The van der Waals surface area contributed by atoms with Crippen LogP contribution in [-0.4, -0.2) is 65.1 Å². The summed E-state index contributed by atoms with van der Waals surface area (Å²) in [4.78, 5) is 16.9. The second kappa shape index (κ2) is 15.0. The molecule has 6 rings (SSSR count). The Kier molecular flexibility index (Phi) is 10.4. The highest BCUT2D eigenvalue weighted by molar-refractivity contribution is 5.81. The van der Waals surface area contributed by atoms with Gasteiger partial charge in [-0.25, -0.2) is 9.97 Å². The van der Waals surface area contributed by atoms with Gasteiger partial charge in [0.05, 0.1) is 24.1 Å². The van der Waals surface area contributed by atoms with Gasteiger partial charge in [0.2, 0.25) is 11.8 Å². The van der Waals surface area contributed by atoms with E-state index >= 15 is 0 Å². The van der Waals surface area contributed by atoms with E-state index in [4.69, 9.17) is 29.2 Å². The third kappa shape index (κ3) is 7.74. The standard InChI is InChI=1S/C18H21N3O3.C14H13N3O3/c1-3-22-16(23-4-2)12-21-11-10-15-17(21)18(20-13-19-15)24-14-8-6-5-7-9-14;18-12(19)8-17-7-6-11-13(17)14(16-9-15-11)20-10-4-2-1-3-5-10/h5-11,13,16H,3-4,12H2,1-2H3;1-7,9,12,18-19H,8H2. The minimum Gasteiger partial charge on any atom is -0.437 e. The fourth-order valence-corrected chi connectivity index (χ4v) is 4.52. The summed E-state index contributed by atoms with van der Waals surface area (Å²) in [6.07, 6.45) is 4.82. The lowest BCUT2D eigenvalue weighted by atomic mass is 10.3. The fourth-order valence-electron chi connectivity index (χ4n) is 4.52. The maximum Gasteiger partial charge on any atom is 0.247 e. The second-order valence-electron chi connectivity index (χ2n) is 9.41. The van der Waals surface area contributed by atoms with Crippen LogP contribution in [0, 0.1) is 0 Å². The van der Waals surface area contributed by atoms with Gasteiger partial charge in [0.15, 0.2) is 12.6 Å². The average Bonchev–Trinajstić information content (AvgIpc) is 3.64. The molecule has 0 fully saturated rings. The van der Waals surface area contributed by atoms with Crippen LogP contribution in [0.4, 0.5) is 0 Å². The van der Waals surface area contributed by atoms with Gasteiger partial charge in [-0.05, 0) is 50.2 Å². The van der Waals surface area contributed by atoms with Gasteiger partial charge in [0, 0.05) is 25.6 Å². The van der Waals surface area contributed by atoms with Crippen LogP contribution in [0.3, 0.4) is 0 Å². The van der Waals surface area contributed by atoms with Crippen LogP contribution in [-0.2, 0) is 22.6 Å². The molecule has 0 radical (unpaired) electrons. The molecule has 0 atom stereocenters. The Hall–Kier alpha value is -4.88. The summed E-state index contributed by atoms with van der Waals surface area (Å²) in [5.41, 5.74) is 2.96. The number of rotatable bonds is 12. The van der Waals surface area contributed by atoms with Crippen molar-refractivity contribution in [2.75, 3.05) is 13.2 Å². The Bertz CT molecular complexity index is 1740. The molecule has 0 aliphatic heterocycles. The Labute approximate surface area is 254 Å². The van der Waals surface area contributed by atoms with Crippen LogP contribution < -0.4 is 9.47 Å². The molecule has 0 spiro atoms. The lowest BCUT2D eigenvalue weighted by Crippen LogP contribution is -2.23. The molecule has 0 bridgehead atoms. The molecular weight excluding hydrogens is 564 g/mol. The summed E-state index contributed by atoms with van der Waals surface area (Å²) in [7, 11) is 0. The van der Waals surface area contributed by atoms with E-state index in [2.05, 4.69) is 19.9 Å². The quantitative estimate of drug-likeness (QED) is 0.182. The number of benzene rings is 2. The van der Waals surface area contributed by atoms with E-state index in [1.165, 1.54) is 12.7 Å². The van der Waals surface area contributed by atoms with E-state index < -0.39 is 6.29 Å². The molecule has 0 unspecified atom stereocenters. The Morgan fingerprint density at radius 1 is 0.614 bits per heavy atom. The normalized spacial score (nSPS) is 11.2. The van der Waals surface area contributed by atoms with E-state index in [0.29, 0.717) is 48.3 Å². The number of aromatic nitrogens is 6. The van der Waals surface area contributed by atoms with E-state index in [1.807, 2.05) is 91.3 Å². The third-order valence-corrected chi connectivity index (χ3v) is 6.36. The van der Waals surface area contributed by atoms with Gasteiger partial charge >= 0.3 is 0 Å². The molecule has 0 saturated heterocycles. The molecule has 228 valence electrons. The smallest absolute Gasteiger partial charge is 0.247 e. The first-order valence-electron chi connectivity index (χ1n) is 14.2. The van der Waals surface area contributed by atoms with Crippen LogP contribution in [0.25, 0.3) is 22.1 Å². The van der Waals surface area contributed by atoms with E-state index in [0.717, 1.165) is 16.8 Å². The molecular formula is C32H34N6O6. The topological polar surface area (TPSA) is 139 Å². The molecule has 12 nitrogen and oxygen atoms in total. The number of ether oxygens (including phenoxy) is 4. The fraction of sp³-hybridized carbons (Fsp3) is 0.250. The summed E-state index contributed by atoms with van der Waals surface area (Å²) in [6.45, 7) is 5.66. The summed E-state index contributed by atoms with van der Waals surface area (Å²) >= 11 is 0. The van der Waals surface area contributed by atoms with Gasteiger partial charge < -0.3 is 38.3 Å². The Balaban J connectivity index is 0.000000177. The van der Waals surface area contributed by atoms with Gasteiger partial charge in [-0.2, -0.15) is 9.97 Å². The summed E-state index contributed by atoms with van der Waals surface area (Å²) in [5, 5.41) is 18.2. The van der Waals surface area contributed by atoms with Gasteiger partial charge in [-0.15, -0.1) is 0 Å². The molecule has 2 aromatic carbocycles. The van der Waals surface area contributed by atoms with Gasteiger partial charge in [-0.3, -0.25) is 0 Å². The summed E-state index contributed by atoms with van der Waals surface area (Å²) in [5.74, 6) is 2.29. The number of nitrogens with zero attached hydrogens (tertiary/aromatic N) is 6. The van der Waals surface area contributed by atoms with Crippen molar-refractivity contribution >= 4 is 22.1 Å². The van der Waals surface area contributed by atoms with Crippen molar-refractivity contribution in [3.63, 3.8) is 0 Å². The first kappa shape index (κ1) is 30.6. The van der Waals surface area contributed by atoms with E-state index in [1.54, 1.807) is 16.8 Å². The number of para-hydroxylation sites is 2. The number of hydrogen-bond acceptors (Lipinski definition) is 10. The zero-order valence-electron chi connectivity index (χ0n) is 24.4. The minimum absolute atomic E-state index is 0.0298. The van der Waals surface area contributed by atoms with Crippen LogP contribution in [0.15, 0.2) is 97.8 Å². The van der Waals surface area contributed by atoms with Gasteiger partial charge in [0.25, 0.3) is 0 Å². The zero-order chi connectivity index (χ0) is 30.7. The maximum atomic E-state index is 9.12. The highest BCUT2D eigenvalue weighted by atomic mass is 16.7. The Morgan fingerprint density at radius 2 is 1.07 bits per heavy atom. The predicted octanol–water partition coefficient (Wildman–Crippen LogP) is 5.16. The van der Waals surface area contributed by atoms with Crippen molar-refractivity contribution in [1.82, 2.24) is 29.1 Å². The van der Waals surface area contributed by atoms with Crippen molar-refractivity contribution in [3.05, 3.63) is 97.8 Å². The molecule has 12 heteroatoms. The highest BCUT2D eigenvalue weighted by Crippen LogP contribution is 2.28. The van der Waals surface area contributed by atoms with Gasteiger partial charge in [-0.1, -0.05) is 36.4 Å². The summed E-state index contributed by atoms with van der Waals surface area (Å²) in [6, 6.07) is 22.6. The van der Waals surface area contributed by atoms with Crippen molar-refractivity contribution in [2.24, 2.45) is 0 Å². The van der Waals surface area contributed by atoms with E-state index in [-0.39, 0.29) is 12.8 Å². The number of aliphatic hydroxyl groups is 2. The molecule has 4 aromatic heterocycles. The minimum atomic E-state index is -1.45. The number of aliphatic hydroxyl groups excluding tert-OH is 1. The van der Waals surface area contributed by atoms with Crippen LogP contribution in [0.5, 0.6) is 23.3 Å². The Morgan fingerprint density at radius 3 is 1.50 bits per heavy atom. The van der Waals surface area contributed by atoms with Crippen LogP contribution in [0.2, 0.25) is 0 Å². The molecule has 0 amide bonds. The molecule has 6 aromatic rings. The van der Waals surface area contributed by atoms with Crippen LogP contribution >= 0.6 is 0 Å². The first-order chi connectivity index (χ1) is 21.6. The van der Waals surface area contributed by atoms with Gasteiger partial charge in [0.1, 0.15) is 35.2 Å².